The highest BCUT2D eigenvalue weighted by Gasteiger charge is 2.59. The number of hydrogen-bond donors (Lipinski definition) is 4. The Morgan fingerprint density at radius 2 is 1.88 bits per heavy atom. The van der Waals surface area contributed by atoms with E-state index in [0.717, 1.165) is 23.1 Å². The number of aliphatic hydroxyl groups is 4. The highest BCUT2D eigenvalue weighted by Crippen LogP contribution is 2.63. The van der Waals surface area contributed by atoms with Gasteiger partial charge in [0, 0.05) is 17.8 Å². The smallest absolute Gasteiger partial charge is 0.156 e. The van der Waals surface area contributed by atoms with Gasteiger partial charge in [0.25, 0.3) is 0 Å². The van der Waals surface area contributed by atoms with Crippen LogP contribution in [0.5, 0.6) is 0 Å². The molecule has 0 spiro atoms. The van der Waals surface area contributed by atoms with E-state index in [-0.39, 0.29) is 41.5 Å². The first-order valence-electron chi connectivity index (χ1n) is 12.4. The molecule has 0 heterocycles. The van der Waals surface area contributed by atoms with Gasteiger partial charge in [0.2, 0.25) is 0 Å². The van der Waals surface area contributed by atoms with E-state index in [0.29, 0.717) is 19.3 Å². The molecule has 0 bridgehead atoms. The van der Waals surface area contributed by atoms with Gasteiger partial charge in [0.15, 0.2) is 5.78 Å². The van der Waals surface area contributed by atoms with Crippen LogP contribution >= 0.6 is 0 Å². The number of fused-ring (bicyclic) bond motifs is 4. The highest BCUT2D eigenvalue weighted by molar-refractivity contribution is 5.92. The van der Waals surface area contributed by atoms with Crippen LogP contribution in [0.25, 0.3) is 0 Å². The Morgan fingerprint density at radius 1 is 1.18 bits per heavy atom. The molecule has 182 valence electrons. The van der Waals surface area contributed by atoms with Crippen LogP contribution in [0, 0.1) is 34.5 Å². The van der Waals surface area contributed by atoms with E-state index >= 15 is 0 Å². The van der Waals surface area contributed by atoms with Crippen LogP contribution in [-0.4, -0.2) is 50.6 Å². The van der Waals surface area contributed by atoms with Crippen molar-refractivity contribution in [1.29, 1.82) is 0 Å². The summed E-state index contributed by atoms with van der Waals surface area (Å²) in [5.74, 6) is -0.0323. The molecule has 4 N–H and O–H groups in total. The number of aliphatic hydroxyl groups excluding tert-OH is 3. The topological polar surface area (TPSA) is 98.0 Å². The van der Waals surface area contributed by atoms with Gasteiger partial charge < -0.3 is 20.4 Å². The molecule has 8 atom stereocenters. The van der Waals surface area contributed by atoms with Gasteiger partial charge in [-0.15, -0.1) is 0 Å². The molecule has 33 heavy (non-hydrogen) atoms. The number of carbonyl (C=O) groups is 1. The number of hydrogen-bond acceptors (Lipinski definition) is 5. The van der Waals surface area contributed by atoms with Crippen LogP contribution in [0.2, 0.25) is 0 Å². The fourth-order valence-corrected chi connectivity index (χ4v) is 7.14. The van der Waals surface area contributed by atoms with Crippen molar-refractivity contribution < 1.29 is 25.2 Å². The summed E-state index contributed by atoms with van der Waals surface area (Å²) < 4.78 is 0. The molecule has 0 unspecified atom stereocenters. The van der Waals surface area contributed by atoms with E-state index in [2.05, 4.69) is 26.8 Å². The lowest BCUT2D eigenvalue weighted by Gasteiger charge is -2.53. The molecule has 4 aliphatic carbocycles. The third kappa shape index (κ3) is 3.81. The predicted octanol–water partition coefficient (Wildman–Crippen LogP) is 3.49. The largest absolute Gasteiger partial charge is 0.396 e. The molecule has 5 nitrogen and oxygen atoms in total. The first-order chi connectivity index (χ1) is 15.3. The van der Waals surface area contributed by atoms with Crippen molar-refractivity contribution in [1.82, 2.24) is 0 Å². The third-order valence-electron chi connectivity index (χ3n) is 9.46. The van der Waals surface area contributed by atoms with Gasteiger partial charge in [0.1, 0.15) is 0 Å². The van der Waals surface area contributed by atoms with Gasteiger partial charge in [0.05, 0.1) is 24.4 Å². The summed E-state index contributed by atoms with van der Waals surface area (Å²) in [6.07, 6.45) is 11.1. The van der Waals surface area contributed by atoms with Crippen LogP contribution < -0.4 is 0 Å². The Morgan fingerprint density at radius 3 is 2.52 bits per heavy atom. The molecule has 1 saturated carbocycles. The van der Waals surface area contributed by atoms with Crippen molar-refractivity contribution in [3.8, 4) is 0 Å². The van der Waals surface area contributed by atoms with E-state index < -0.39 is 23.2 Å². The lowest BCUT2D eigenvalue weighted by atomic mass is 9.52. The van der Waals surface area contributed by atoms with Gasteiger partial charge >= 0.3 is 0 Å². The number of allylic oxidation sites excluding steroid dienone is 6. The zero-order chi connectivity index (χ0) is 24.3. The Balaban J connectivity index is 1.72. The second-order valence-corrected chi connectivity index (χ2v) is 11.8. The lowest BCUT2D eigenvalue weighted by molar-refractivity contribution is -0.116. The fourth-order valence-electron chi connectivity index (χ4n) is 7.14. The van der Waals surface area contributed by atoms with Crippen LogP contribution in [0.15, 0.2) is 47.1 Å². The predicted molar refractivity (Wildman–Crippen MR) is 128 cm³/mol. The summed E-state index contributed by atoms with van der Waals surface area (Å²) in [5.41, 5.74) is 1.39. The summed E-state index contributed by atoms with van der Waals surface area (Å²) in [6, 6.07) is 0. The summed E-state index contributed by atoms with van der Waals surface area (Å²) in [6.45, 7) is 9.62. The quantitative estimate of drug-likeness (QED) is 0.475. The highest BCUT2D eigenvalue weighted by atomic mass is 16.3. The first kappa shape index (κ1) is 24.6. The van der Waals surface area contributed by atoms with Crippen molar-refractivity contribution in [2.45, 2.75) is 78.1 Å². The average molecular weight is 457 g/mol. The molecular weight excluding hydrogens is 416 g/mol. The molecule has 0 amide bonds. The van der Waals surface area contributed by atoms with Gasteiger partial charge in [-0.25, -0.2) is 0 Å². The van der Waals surface area contributed by atoms with Gasteiger partial charge in [-0.05, 0) is 79.1 Å². The zero-order valence-electron chi connectivity index (χ0n) is 20.6. The number of ketones is 1. The van der Waals surface area contributed by atoms with E-state index in [1.54, 1.807) is 19.9 Å². The van der Waals surface area contributed by atoms with E-state index in [9.17, 15) is 25.2 Å². The fraction of sp³-hybridized carbons (Fsp3) is 0.679. The molecule has 0 aromatic rings. The molecule has 0 aliphatic heterocycles. The molecule has 0 saturated heterocycles. The number of carbonyl (C=O) groups excluding carboxylic acids is 1. The normalized spacial score (nSPS) is 40.4. The Labute approximate surface area is 197 Å². The van der Waals surface area contributed by atoms with E-state index in [1.165, 1.54) is 0 Å². The van der Waals surface area contributed by atoms with Crippen molar-refractivity contribution >= 4 is 5.78 Å². The first-order valence-corrected chi connectivity index (χ1v) is 12.4. The van der Waals surface area contributed by atoms with Crippen LogP contribution in [0.4, 0.5) is 0 Å². The molecule has 4 aliphatic rings. The minimum atomic E-state index is -1.02. The Kier molecular flexibility index (Phi) is 6.18. The standard InChI is InChI=1S/C28H40O5/c1-16(6-7-18(15-29)26(2,3)33)21-13-23(31)25-20-9-8-17-12-19(30)10-11-27(17,4)22(20)14-24(32)28(21,25)5/h6-9,12,16,18,21-24,29,31-33H,10-11,13-15H2,1-5H3/t16-,18-,21-,22+,23+,24-,27+,28+/m1/s1. The summed E-state index contributed by atoms with van der Waals surface area (Å²) in [4.78, 5) is 12.0. The maximum atomic E-state index is 12.0. The van der Waals surface area contributed by atoms with Gasteiger partial charge in [-0.3, -0.25) is 4.79 Å². The second-order valence-electron chi connectivity index (χ2n) is 11.8. The Hall–Kier alpha value is -1.53. The van der Waals surface area contributed by atoms with Crippen molar-refractivity contribution in [2.24, 2.45) is 34.5 Å². The van der Waals surface area contributed by atoms with Crippen molar-refractivity contribution in [2.75, 3.05) is 6.61 Å². The van der Waals surface area contributed by atoms with Crippen LogP contribution in [-0.2, 0) is 4.79 Å². The molecule has 5 heteroatoms. The molecule has 0 aromatic carbocycles. The monoisotopic (exact) mass is 456 g/mol. The number of rotatable bonds is 5. The van der Waals surface area contributed by atoms with E-state index in [1.807, 2.05) is 18.2 Å². The maximum absolute atomic E-state index is 12.0. The zero-order valence-corrected chi connectivity index (χ0v) is 20.6. The summed E-state index contributed by atoms with van der Waals surface area (Å²) in [5, 5.41) is 42.8. The molecule has 4 rings (SSSR count). The van der Waals surface area contributed by atoms with E-state index in [4.69, 9.17) is 0 Å². The average Bonchev–Trinajstić information content (AvgIpc) is 3.01. The molecule has 1 fully saturated rings. The summed E-state index contributed by atoms with van der Waals surface area (Å²) >= 11 is 0. The van der Waals surface area contributed by atoms with Gasteiger partial charge in [-0.2, -0.15) is 0 Å². The van der Waals surface area contributed by atoms with Crippen molar-refractivity contribution in [3.05, 3.63) is 47.1 Å². The Bertz CT molecular complexity index is 934. The van der Waals surface area contributed by atoms with Crippen LogP contribution in [0.3, 0.4) is 0 Å². The lowest BCUT2D eigenvalue weighted by Crippen LogP contribution is -2.49. The van der Waals surface area contributed by atoms with Gasteiger partial charge in [-0.1, -0.05) is 45.1 Å². The van der Waals surface area contributed by atoms with Crippen molar-refractivity contribution in [3.63, 3.8) is 0 Å². The maximum Gasteiger partial charge on any atom is 0.156 e. The second kappa shape index (κ2) is 8.30. The minimum Gasteiger partial charge on any atom is -0.396 e. The molecule has 0 radical (unpaired) electrons. The molecular formula is C28H40O5. The minimum absolute atomic E-state index is 0.0365. The summed E-state index contributed by atoms with van der Waals surface area (Å²) in [7, 11) is 0. The third-order valence-corrected chi connectivity index (χ3v) is 9.46. The SMILES string of the molecule is C[C@H](C=C[C@H](CO)C(C)(C)O)[C@H]1C[C@H](O)C2=C3C=CC4=CC(=O)CC[C@]4(C)[C@H]3C[C@@H](O)[C@@]21C. The van der Waals surface area contributed by atoms with Crippen LogP contribution in [0.1, 0.15) is 60.3 Å². The molecule has 0 aromatic heterocycles.